The number of benzene rings is 1. The van der Waals surface area contributed by atoms with Gasteiger partial charge in [0, 0.05) is 12.1 Å². The Kier molecular flexibility index (Phi) is 5.32. The minimum Gasteiger partial charge on any atom is -0.469 e. The second-order valence-electron chi connectivity index (χ2n) is 5.41. The van der Waals surface area contributed by atoms with Crippen LogP contribution in [-0.4, -0.2) is 18.8 Å². The maximum absolute atomic E-state index is 12.3. The summed E-state index contributed by atoms with van der Waals surface area (Å²) < 4.78 is 45.7. The van der Waals surface area contributed by atoms with Gasteiger partial charge >= 0.3 is 6.36 Å². The van der Waals surface area contributed by atoms with Gasteiger partial charge in [0.2, 0.25) is 0 Å². The lowest BCUT2D eigenvalue weighted by atomic mass is 9.99. The number of nitrogens with one attached hydrogen (secondary N) is 1. The molecular formula is C18H14F3NO3S. The van der Waals surface area contributed by atoms with Crippen LogP contribution in [0.25, 0.3) is 0 Å². The molecule has 0 saturated heterocycles. The van der Waals surface area contributed by atoms with Gasteiger partial charge in [0.25, 0.3) is 5.91 Å². The number of carbonyl (C=O) groups excluding carboxylic acids is 1. The molecule has 3 aromatic rings. The van der Waals surface area contributed by atoms with Crippen LogP contribution >= 0.6 is 11.3 Å². The van der Waals surface area contributed by atoms with E-state index in [2.05, 4.69) is 10.1 Å². The van der Waals surface area contributed by atoms with Gasteiger partial charge in [-0.05, 0) is 58.8 Å². The van der Waals surface area contributed by atoms with Crippen molar-refractivity contribution in [1.82, 2.24) is 5.32 Å². The van der Waals surface area contributed by atoms with E-state index in [-0.39, 0.29) is 17.2 Å². The van der Waals surface area contributed by atoms with Gasteiger partial charge in [0.1, 0.15) is 11.5 Å². The van der Waals surface area contributed by atoms with Crippen molar-refractivity contribution >= 4 is 17.2 Å². The van der Waals surface area contributed by atoms with E-state index in [9.17, 15) is 18.0 Å². The largest absolute Gasteiger partial charge is 0.573 e. The summed E-state index contributed by atoms with van der Waals surface area (Å²) in [4.78, 5) is 12.3. The molecule has 0 aliphatic rings. The van der Waals surface area contributed by atoms with Crippen LogP contribution in [-0.2, 0) is 0 Å². The summed E-state index contributed by atoms with van der Waals surface area (Å²) in [6, 6.07) is 10.3. The molecule has 0 aliphatic heterocycles. The van der Waals surface area contributed by atoms with E-state index >= 15 is 0 Å². The summed E-state index contributed by atoms with van der Waals surface area (Å²) in [6.07, 6.45) is -3.20. The highest BCUT2D eigenvalue weighted by Crippen LogP contribution is 2.26. The normalized spacial score (nSPS) is 12.6. The summed E-state index contributed by atoms with van der Waals surface area (Å²) in [5, 5.41) is 6.70. The Balaban J connectivity index is 1.65. The van der Waals surface area contributed by atoms with Crippen molar-refractivity contribution in [3.05, 3.63) is 76.4 Å². The van der Waals surface area contributed by atoms with Gasteiger partial charge in [-0.1, -0.05) is 0 Å². The third-order valence-corrected chi connectivity index (χ3v) is 4.35. The fraction of sp³-hybridized carbons (Fsp3) is 0.167. The molecule has 0 radical (unpaired) electrons. The van der Waals surface area contributed by atoms with Crippen molar-refractivity contribution in [2.75, 3.05) is 6.54 Å². The molecular weight excluding hydrogens is 367 g/mol. The molecule has 0 bridgehead atoms. The summed E-state index contributed by atoms with van der Waals surface area (Å²) in [5.74, 6) is -0.193. The van der Waals surface area contributed by atoms with Gasteiger partial charge in [-0.3, -0.25) is 4.79 Å². The molecule has 1 amide bonds. The fourth-order valence-electron chi connectivity index (χ4n) is 2.45. The van der Waals surface area contributed by atoms with Crippen LogP contribution < -0.4 is 10.1 Å². The highest BCUT2D eigenvalue weighted by atomic mass is 32.1. The molecule has 1 atom stereocenters. The van der Waals surface area contributed by atoms with Crippen LogP contribution in [0.2, 0.25) is 0 Å². The molecule has 0 fully saturated rings. The van der Waals surface area contributed by atoms with Crippen molar-refractivity contribution < 1.29 is 27.1 Å². The number of furan rings is 1. The van der Waals surface area contributed by atoms with Gasteiger partial charge in [-0.25, -0.2) is 0 Å². The third-order valence-electron chi connectivity index (χ3n) is 3.65. The fourth-order valence-corrected chi connectivity index (χ4v) is 3.16. The first-order chi connectivity index (χ1) is 12.4. The predicted octanol–water partition coefficient (Wildman–Crippen LogP) is 4.80. The van der Waals surface area contributed by atoms with E-state index in [1.807, 2.05) is 22.9 Å². The number of halogens is 3. The molecule has 8 heteroatoms. The number of alkyl halides is 3. The number of thiophene rings is 1. The van der Waals surface area contributed by atoms with Crippen LogP contribution in [0.4, 0.5) is 13.2 Å². The molecule has 0 spiro atoms. The molecule has 4 nitrogen and oxygen atoms in total. The average Bonchev–Trinajstić information content (AvgIpc) is 3.28. The summed E-state index contributed by atoms with van der Waals surface area (Å²) in [6.45, 7) is 0.296. The molecule has 3 rings (SSSR count). The monoisotopic (exact) mass is 381 g/mol. The molecule has 26 heavy (non-hydrogen) atoms. The number of hydrogen-bond acceptors (Lipinski definition) is 4. The zero-order valence-electron chi connectivity index (χ0n) is 13.3. The summed E-state index contributed by atoms with van der Waals surface area (Å²) in [7, 11) is 0. The van der Waals surface area contributed by atoms with E-state index in [4.69, 9.17) is 4.42 Å². The Morgan fingerprint density at radius 2 is 1.96 bits per heavy atom. The highest BCUT2D eigenvalue weighted by molar-refractivity contribution is 7.08. The number of ether oxygens (including phenoxy) is 1. The second-order valence-corrected chi connectivity index (χ2v) is 6.19. The molecule has 0 saturated carbocycles. The highest BCUT2D eigenvalue weighted by Gasteiger charge is 2.31. The van der Waals surface area contributed by atoms with Crippen molar-refractivity contribution in [1.29, 1.82) is 0 Å². The van der Waals surface area contributed by atoms with E-state index < -0.39 is 12.3 Å². The lowest BCUT2D eigenvalue weighted by Crippen LogP contribution is -2.28. The first-order valence-corrected chi connectivity index (χ1v) is 8.56. The van der Waals surface area contributed by atoms with Crippen molar-refractivity contribution in [2.45, 2.75) is 12.3 Å². The molecule has 1 aromatic carbocycles. The van der Waals surface area contributed by atoms with Crippen LogP contribution in [0.5, 0.6) is 5.75 Å². The standard InChI is InChI=1S/C18H14F3NO3S/c19-18(20,21)25-14-5-3-12(4-6-14)17(23)22-10-15(13-7-9-26-11-13)16-2-1-8-24-16/h1-9,11,15H,10H2,(H,22,23). The Labute approximate surface area is 151 Å². The number of rotatable bonds is 6. The van der Waals surface area contributed by atoms with Crippen LogP contribution in [0, 0.1) is 0 Å². The summed E-state index contributed by atoms with van der Waals surface area (Å²) >= 11 is 1.54. The maximum Gasteiger partial charge on any atom is 0.573 e. The van der Waals surface area contributed by atoms with Gasteiger partial charge < -0.3 is 14.5 Å². The van der Waals surface area contributed by atoms with Gasteiger partial charge in [-0.15, -0.1) is 13.2 Å². The Hall–Kier alpha value is -2.74. The quantitative estimate of drug-likeness (QED) is 0.667. The molecule has 1 N–H and O–H groups in total. The average molecular weight is 381 g/mol. The Morgan fingerprint density at radius 3 is 2.54 bits per heavy atom. The first kappa shape index (κ1) is 18.1. The maximum atomic E-state index is 12.3. The summed E-state index contributed by atoms with van der Waals surface area (Å²) in [5.41, 5.74) is 1.25. The number of hydrogen-bond donors (Lipinski definition) is 1. The molecule has 1 unspecified atom stereocenters. The smallest absolute Gasteiger partial charge is 0.469 e. The SMILES string of the molecule is O=C(NCC(c1ccsc1)c1ccco1)c1ccc(OC(F)(F)F)cc1. The van der Waals surface area contributed by atoms with Gasteiger partial charge in [0.05, 0.1) is 12.2 Å². The minimum absolute atomic E-state index is 0.145. The van der Waals surface area contributed by atoms with Gasteiger partial charge in [0.15, 0.2) is 0 Å². The zero-order chi connectivity index (χ0) is 18.6. The zero-order valence-corrected chi connectivity index (χ0v) is 14.1. The van der Waals surface area contributed by atoms with E-state index in [0.717, 1.165) is 23.5 Å². The molecule has 2 heterocycles. The van der Waals surface area contributed by atoms with E-state index in [0.29, 0.717) is 6.54 Å². The van der Waals surface area contributed by atoms with Crippen LogP contribution in [0.3, 0.4) is 0 Å². The predicted molar refractivity (Wildman–Crippen MR) is 90.3 cm³/mol. The van der Waals surface area contributed by atoms with Crippen LogP contribution in [0.15, 0.2) is 63.9 Å². The molecule has 0 aliphatic carbocycles. The molecule has 136 valence electrons. The Bertz CT molecular complexity index is 793. The van der Waals surface area contributed by atoms with Crippen molar-refractivity contribution in [3.63, 3.8) is 0 Å². The lowest BCUT2D eigenvalue weighted by Gasteiger charge is -2.15. The third kappa shape index (κ3) is 4.66. The van der Waals surface area contributed by atoms with Crippen molar-refractivity contribution in [2.24, 2.45) is 0 Å². The van der Waals surface area contributed by atoms with Gasteiger partial charge in [-0.2, -0.15) is 11.3 Å². The topological polar surface area (TPSA) is 51.5 Å². The van der Waals surface area contributed by atoms with Crippen molar-refractivity contribution in [3.8, 4) is 5.75 Å². The van der Waals surface area contributed by atoms with Crippen LogP contribution in [0.1, 0.15) is 27.6 Å². The number of amides is 1. The first-order valence-electron chi connectivity index (χ1n) is 7.62. The number of carbonyl (C=O) groups is 1. The Morgan fingerprint density at radius 1 is 1.19 bits per heavy atom. The van der Waals surface area contributed by atoms with E-state index in [1.165, 1.54) is 12.1 Å². The second kappa shape index (κ2) is 7.65. The minimum atomic E-state index is -4.76. The lowest BCUT2D eigenvalue weighted by molar-refractivity contribution is -0.274. The molecule has 2 aromatic heterocycles. The van der Waals surface area contributed by atoms with E-state index in [1.54, 1.807) is 23.7 Å².